The number of nitrogens with zero attached hydrogens (tertiary/aromatic N) is 1. The van der Waals surface area contributed by atoms with E-state index < -0.39 is 0 Å². The summed E-state index contributed by atoms with van der Waals surface area (Å²) < 4.78 is 16.6. The molecule has 0 fully saturated rings. The van der Waals surface area contributed by atoms with E-state index in [1.54, 1.807) is 20.3 Å². The summed E-state index contributed by atoms with van der Waals surface area (Å²) in [5.41, 5.74) is 3.62. The lowest BCUT2D eigenvalue weighted by atomic mass is 10.0. The summed E-state index contributed by atoms with van der Waals surface area (Å²) in [6.45, 7) is 1.25. The predicted molar refractivity (Wildman–Crippen MR) is 121 cm³/mol. The smallest absolute Gasteiger partial charge is 0.260 e. The molecule has 6 nitrogen and oxygen atoms in total. The lowest BCUT2D eigenvalue weighted by Gasteiger charge is -2.20. The number of methoxy groups -OCH3 is 2. The van der Waals surface area contributed by atoms with Gasteiger partial charge in [-0.3, -0.25) is 4.79 Å². The van der Waals surface area contributed by atoms with Crippen molar-refractivity contribution in [3.63, 3.8) is 0 Å². The third-order valence-electron chi connectivity index (χ3n) is 5.44. The molecule has 2 aromatic rings. The second kappa shape index (κ2) is 9.00. The summed E-state index contributed by atoms with van der Waals surface area (Å²) in [6.07, 6.45) is 3.66. The van der Waals surface area contributed by atoms with Gasteiger partial charge in [-0.15, -0.1) is 0 Å². The molecule has 0 unspecified atom stereocenters. The maximum Gasteiger partial charge on any atom is 0.260 e. The van der Waals surface area contributed by atoms with Gasteiger partial charge in [0, 0.05) is 24.1 Å². The van der Waals surface area contributed by atoms with Crippen LogP contribution in [0.5, 0.6) is 17.2 Å². The topological polar surface area (TPSA) is 60.0 Å². The number of rotatable bonds is 7. The van der Waals surface area contributed by atoms with Gasteiger partial charge in [0.25, 0.3) is 5.91 Å². The standard InChI is InChI=1S/C23H25BrN2O4/c1-28-18-6-4-15(5-7-18)16-10-17-13-25-20-12-22(30-9-3-8-24)21(29-2)11-19(20)23(27)26(17)14-16/h4-7,11-12,14,17,25H,3,8-10,13H2,1-2H3/t17-/m0/s1. The number of carbonyl (C=O) groups is 1. The number of fused-ring (bicyclic) bond motifs is 2. The van der Waals surface area contributed by atoms with E-state index in [1.165, 1.54) is 0 Å². The fraction of sp³-hybridized carbons (Fsp3) is 0.348. The molecule has 0 aliphatic carbocycles. The molecule has 4 rings (SSSR count). The van der Waals surface area contributed by atoms with Gasteiger partial charge in [0.15, 0.2) is 11.5 Å². The lowest BCUT2D eigenvalue weighted by Crippen LogP contribution is -2.34. The highest BCUT2D eigenvalue weighted by Crippen LogP contribution is 2.39. The molecule has 2 aromatic carbocycles. The largest absolute Gasteiger partial charge is 0.497 e. The molecule has 1 atom stereocenters. The highest BCUT2D eigenvalue weighted by molar-refractivity contribution is 9.09. The first-order chi connectivity index (χ1) is 14.6. The molecular formula is C23H25BrN2O4. The van der Waals surface area contributed by atoms with Gasteiger partial charge >= 0.3 is 0 Å². The number of hydrogen-bond donors (Lipinski definition) is 1. The van der Waals surface area contributed by atoms with Crippen molar-refractivity contribution >= 4 is 33.1 Å². The van der Waals surface area contributed by atoms with Crippen molar-refractivity contribution in [2.24, 2.45) is 0 Å². The summed E-state index contributed by atoms with van der Waals surface area (Å²) in [6, 6.07) is 11.6. The Balaban J connectivity index is 1.61. The lowest BCUT2D eigenvalue weighted by molar-refractivity contribution is 0.0796. The Bertz CT molecular complexity index is 958. The van der Waals surface area contributed by atoms with Gasteiger partial charge in [0.2, 0.25) is 0 Å². The monoisotopic (exact) mass is 472 g/mol. The van der Waals surface area contributed by atoms with Gasteiger partial charge in [-0.25, -0.2) is 0 Å². The zero-order valence-corrected chi connectivity index (χ0v) is 18.7. The quantitative estimate of drug-likeness (QED) is 0.473. The van der Waals surface area contributed by atoms with Crippen molar-refractivity contribution in [3.8, 4) is 17.2 Å². The van der Waals surface area contributed by atoms with Crippen LogP contribution in [0.3, 0.4) is 0 Å². The van der Waals surface area contributed by atoms with Crippen molar-refractivity contribution in [1.82, 2.24) is 4.90 Å². The fourth-order valence-corrected chi connectivity index (χ4v) is 4.06. The van der Waals surface area contributed by atoms with Crippen LogP contribution in [0, 0.1) is 0 Å². The van der Waals surface area contributed by atoms with Crippen LogP contribution < -0.4 is 19.5 Å². The average molecular weight is 473 g/mol. The van der Waals surface area contributed by atoms with E-state index in [9.17, 15) is 4.79 Å². The van der Waals surface area contributed by atoms with Crippen molar-refractivity contribution < 1.29 is 19.0 Å². The molecule has 2 aliphatic heterocycles. The molecule has 0 saturated carbocycles. The second-order valence-electron chi connectivity index (χ2n) is 7.27. The minimum absolute atomic E-state index is 0.0335. The van der Waals surface area contributed by atoms with E-state index in [-0.39, 0.29) is 11.9 Å². The Morgan fingerprint density at radius 3 is 2.63 bits per heavy atom. The van der Waals surface area contributed by atoms with Crippen LogP contribution in [0.25, 0.3) is 5.57 Å². The Morgan fingerprint density at radius 1 is 1.13 bits per heavy atom. The zero-order valence-electron chi connectivity index (χ0n) is 17.1. The molecule has 7 heteroatoms. The molecular weight excluding hydrogens is 448 g/mol. The summed E-state index contributed by atoms with van der Waals surface area (Å²) >= 11 is 3.41. The third kappa shape index (κ3) is 3.99. The Kier molecular flexibility index (Phi) is 6.18. The number of carbonyl (C=O) groups excluding carboxylic acids is 1. The van der Waals surface area contributed by atoms with Crippen molar-refractivity contribution in [3.05, 3.63) is 53.7 Å². The normalized spacial score (nSPS) is 17.4. The van der Waals surface area contributed by atoms with Crippen molar-refractivity contribution in [1.29, 1.82) is 0 Å². The van der Waals surface area contributed by atoms with Crippen molar-refractivity contribution in [2.45, 2.75) is 18.9 Å². The number of alkyl halides is 1. The van der Waals surface area contributed by atoms with Crippen LogP contribution >= 0.6 is 15.9 Å². The molecule has 0 aromatic heterocycles. The summed E-state index contributed by atoms with van der Waals surface area (Å²) in [5, 5.41) is 4.31. The van der Waals surface area contributed by atoms with Gasteiger partial charge in [-0.1, -0.05) is 28.1 Å². The van der Waals surface area contributed by atoms with Crippen LogP contribution in [0.4, 0.5) is 5.69 Å². The molecule has 0 bridgehead atoms. The van der Waals surface area contributed by atoms with E-state index in [1.807, 2.05) is 41.4 Å². The predicted octanol–water partition coefficient (Wildman–Crippen LogP) is 4.55. The maximum atomic E-state index is 13.4. The Morgan fingerprint density at radius 2 is 1.93 bits per heavy atom. The van der Waals surface area contributed by atoms with E-state index in [0.717, 1.165) is 40.7 Å². The number of nitrogens with one attached hydrogen (secondary N) is 1. The van der Waals surface area contributed by atoms with E-state index >= 15 is 0 Å². The number of hydrogen-bond acceptors (Lipinski definition) is 5. The fourth-order valence-electron chi connectivity index (χ4n) is 3.83. The molecule has 158 valence electrons. The molecule has 0 saturated heterocycles. The number of benzene rings is 2. The minimum Gasteiger partial charge on any atom is -0.497 e. The van der Waals surface area contributed by atoms with Crippen LogP contribution in [0.1, 0.15) is 28.8 Å². The van der Waals surface area contributed by atoms with Crippen LogP contribution in [-0.4, -0.2) is 49.6 Å². The number of halogens is 1. The second-order valence-corrected chi connectivity index (χ2v) is 8.07. The number of amides is 1. The number of ether oxygens (including phenoxy) is 3. The van der Waals surface area contributed by atoms with E-state index in [0.29, 0.717) is 30.2 Å². The Hall–Kier alpha value is -2.67. The molecule has 1 amide bonds. The summed E-state index contributed by atoms with van der Waals surface area (Å²) in [4.78, 5) is 15.2. The van der Waals surface area contributed by atoms with E-state index in [4.69, 9.17) is 14.2 Å². The molecule has 1 N–H and O–H groups in total. The van der Waals surface area contributed by atoms with Gasteiger partial charge < -0.3 is 24.4 Å². The zero-order chi connectivity index (χ0) is 21.1. The third-order valence-corrected chi connectivity index (χ3v) is 6.00. The Labute approximate surface area is 184 Å². The van der Waals surface area contributed by atoms with Gasteiger partial charge in [-0.2, -0.15) is 0 Å². The average Bonchev–Trinajstić information content (AvgIpc) is 3.16. The molecule has 0 radical (unpaired) electrons. The molecule has 0 spiro atoms. The first kappa shape index (κ1) is 20.6. The van der Waals surface area contributed by atoms with Gasteiger partial charge in [-0.05, 0) is 42.2 Å². The van der Waals surface area contributed by atoms with Crippen LogP contribution in [-0.2, 0) is 0 Å². The van der Waals surface area contributed by atoms with Crippen LogP contribution in [0.2, 0.25) is 0 Å². The van der Waals surface area contributed by atoms with Gasteiger partial charge in [0.05, 0.1) is 38.1 Å². The molecule has 2 heterocycles. The molecule has 2 aliphatic rings. The maximum absolute atomic E-state index is 13.4. The first-order valence-corrected chi connectivity index (χ1v) is 11.1. The summed E-state index contributed by atoms with van der Waals surface area (Å²) in [7, 11) is 3.25. The highest BCUT2D eigenvalue weighted by Gasteiger charge is 2.34. The number of anilines is 1. The highest BCUT2D eigenvalue weighted by atomic mass is 79.9. The van der Waals surface area contributed by atoms with Gasteiger partial charge in [0.1, 0.15) is 5.75 Å². The first-order valence-electron chi connectivity index (χ1n) is 9.97. The van der Waals surface area contributed by atoms with Crippen LogP contribution in [0.15, 0.2) is 42.6 Å². The van der Waals surface area contributed by atoms with E-state index in [2.05, 4.69) is 21.2 Å². The minimum atomic E-state index is -0.0335. The molecule has 30 heavy (non-hydrogen) atoms. The van der Waals surface area contributed by atoms with Crippen molar-refractivity contribution in [2.75, 3.05) is 38.0 Å². The summed E-state index contributed by atoms with van der Waals surface area (Å²) in [5.74, 6) is 2.00. The SMILES string of the molecule is COc1ccc(C2=CN3C(=O)c4cc(OC)c(OCCCBr)cc4NC[C@@H]3C2)cc1.